The van der Waals surface area contributed by atoms with E-state index in [1.807, 2.05) is 6.92 Å². The van der Waals surface area contributed by atoms with E-state index in [2.05, 4.69) is 25.2 Å². The number of nitrogens with one attached hydrogen (secondary N) is 1. The number of aliphatic hydroxyl groups is 1. The van der Waals surface area contributed by atoms with Crippen molar-refractivity contribution in [3.63, 3.8) is 0 Å². The maximum atomic E-state index is 12.3. The number of rotatable bonds is 9. The standard InChI is InChI=1S/C26H41NO7/c1-16(7-10-23-25(30)26(15-32-26)12-13-31-23)6-9-22-17(2)14-21(19(4)34-22)27-24(29)11-8-18(3)33-20(5)28/h6,8,11,17-19,21-23,25,30H,7,9-10,12-15H2,1-5H3,(H,27,29)/b11-8-,16-6+/t17-,18?,19+,21?,22-,23?,25?,26?/m0/s1. The summed E-state index contributed by atoms with van der Waals surface area (Å²) < 4.78 is 22.5. The Morgan fingerprint density at radius 3 is 2.68 bits per heavy atom. The number of esters is 1. The molecule has 5 unspecified atom stereocenters. The Bertz CT molecular complexity index is 775. The molecule has 3 aliphatic rings. The molecule has 34 heavy (non-hydrogen) atoms. The average Bonchev–Trinajstić information content (AvgIpc) is 3.54. The molecule has 8 nitrogen and oxygen atoms in total. The third kappa shape index (κ3) is 7.38. The monoisotopic (exact) mass is 479 g/mol. The van der Waals surface area contributed by atoms with E-state index >= 15 is 0 Å². The summed E-state index contributed by atoms with van der Waals surface area (Å²) in [4.78, 5) is 23.3. The molecule has 3 fully saturated rings. The van der Waals surface area contributed by atoms with Crippen LogP contribution < -0.4 is 5.32 Å². The number of carbonyl (C=O) groups is 2. The molecule has 1 amide bonds. The van der Waals surface area contributed by atoms with Gasteiger partial charge in [0.2, 0.25) is 5.91 Å². The highest BCUT2D eigenvalue weighted by molar-refractivity contribution is 5.87. The lowest BCUT2D eigenvalue weighted by Crippen LogP contribution is -2.50. The van der Waals surface area contributed by atoms with Gasteiger partial charge >= 0.3 is 5.97 Å². The first-order valence-electron chi connectivity index (χ1n) is 12.5. The molecule has 3 heterocycles. The van der Waals surface area contributed by atoms with Crippen LogP contribution >= 0.6 is 0 Å². The lowest BCUT2D eigenvalue weighted by molar-refractivity contribution is -0.143. The molecule has 8 heteroatoms. The molecule has 0 aromatic heterocycles. The fraction of sp³-hybridized carbons (Fsp3) is 0.769. The van der Waals surface area contributed by atoms with Gasteiger partial charge in [0, 0.05) is 19.4 Å². The summed E-state index contributed by atoms with van der Waals surface area (Å²) in [6, 6.07) is -0.0700. The van der Waals surface area contributed by atoms with E-state index in [9.17, 15) is 14.7 Å². The fourth-order valence-electron chi connectivity index (χ4n) is 4.87. The summed E-state index contributed by atoms with van der Waals surface area (Å²) in [5.74, 6) is -0.298. The minimum absolute atomic E-state index is 0.0700. The maximum Gasteiger partial charge on any atom is 0.303 e. The van der Waals surface area contributed by atoms with Gasteiger partial charge in [0.1, 0.15) is 17.8 Å². The minimum Gasteiger partial charge on any atom is -0.459 e. The van der Waals surface area contributed by atoms with E-state index in [0.29, 0.717) is 19.1 Å². The van der Waals surface area contributed by atoms with Crippen molar-refractivity contribution in [2.24, 2.45) is 5.92 Å². The van der Waals surface area contributed by atoms with E-state index in [-0.39, 0.29) is 41.8 Å². The molecule has 0 saturated carbocycles. The highest BCUT2D eigenvalue weighted by Crippen LogP contribution is 2.41. The van der Waals surface area contributed by atoms with E-state index < -0.39 is 12.2 Å². The zero-order chi connectivity index (χ0) is 24.9. The van der Waals surface area contributed by atoms with Crippen molar-refractivity contribution >= 4 is 11.9 Å². The molecule has 0 aromatic rings. The number of amides is 1. The van der Waals surface area contributed by atoms with Crippen LogP contribution in [-0.4, -0.2) is 72.4 Å². The zero-order valence-corrected chi connectivity index (χ0v) is 21.1. The molecule has 2 N–H and O–H groups in total. The average molecular weight is 480 g/mol. The van der Waals surface area contributed by atoms with Gasteiger partial charge in [-0.25, -0.2) is 0 Å². The molecule has 0 bridgehead atoms. The molecular weight excluding hydrogens is 438 g/mol. The third-order valence-corrected chi connectivity index (χ3v) is 7.20. The highest BCUT2D eigenvalue weighted by atomic mass is 16.6. The van der Waals surface area contributed by atoms with Crippen LogP contribution in [0.3, 0.4) is 0 Å². The molecule has 0 aliphatic carbocycles. The molecule has 0 radical (unpaired) electrons. The predicted octanol–water partition coefficient (Wildman–Crippen LogP) is 2.83. The van der Waals surface area contributed by atoms with Gasteiger partial charge in [0.25, 0.3) is 0 Å². The summed E-state index contributed by atoms with van der Waals surface area (Å²) in [6.07, 6.45) is 8.13. The Labute approximate surface area is 203 Å². The molecule has 3 aliphatic heterocycles. The van der Waals surface area contributed by atoms with Crippen molar-refractivity contribution in [3.05, 3.63) is 23.8 Å². The van der Waals surface area contributed by atoms with Crippen LogP contribution in [0.1, 0.15) is 66.7 Å². The summed E-state index contributed by atoms with van der Waals surface area (Å²) >= 11 is 0. The van der Waals surface area contributed by atoms with Crippen molar-refractivity contribution in [2.75, 3.05) is 13.2 Å². The van der Waals surface area contributed by atoms with E-state index in [1.54, 1.807) is 13.0 Å². The SMILES string of the molecule is CC(=O)OC(C)/C=C\C(=O)NC1C[C@H](C)[C@H](C/C=C(\C)CCC2OCCC3(CO3)C2O)O[C@@H]1C. The van der Waals surface area contributed by atoms with Crippen LogP contribution in [-0.2, 0) is 28.5 Å². The van der Waals surface area contributed by atoms with Crippen molar-refractivity contribution in [2.45, 2.75) is 109 Å². The second-order valence-corrected chi connectivity index (χ2v) is 10.2. The Morgan fingerprint density at radius 1 is 1.26 bits per heavy atom. The van der Waals surface area contributed by atoms with Gasteiger partial charge in [-0.2, -0.15) is 0 Å². The highest BCUT2D eigenvalue weighted by Gasteiger charge is 2.56. The molecule has 192 valence electrons. The van der Waals surface area contributed by atoms with E-state index in [1.165, 1.54) is 18.6 Å². The largest absolute Gasteiger partial charge is 0.459 e. The van der Waals surface area contributed by atoms with Crippen molar-refractivity contribution in [3.8, 4) is 0 Å². The van der Waals surface area contributed by atoms with Gasteiger partial charge in [-0.1, -0.05) is 18.6 Å². The van der Waals surface area contributed by atoms with Gasteiger partial charge in [-0.3, -0.25) is 9.59 Å². The Kier molecular flexibility index (Phi) is 9.32. The predicted molar refractivity (Wildman–Crippen MR) is 127 cm³/mol. The lowest BCUT2D eigenvalue weighted by Gasteiger charge is -2.39. The van der Waals surface area contributed by atoms with E-state index in [0.717, 1.165) is 32.1 Å². The van der Waals surface area contributed by atoms with Gasteiger partial charge < -0.3 is 29.4 Å². The molecule has 1 spiro atoms. The molecule has 3 saturated heterocycles. The quantitative estimate of drug-likeness (QED) is 0.227. The van der Waals surface area contributed by atoms with Crippen LogP contribution in [0.2, 0.25) is 0 Å². The Hall–Kier alpha value is -1.74. The fourth-order valence-corrected chi connectivity index (χ4v) is 4.87. The van der Waals surface area contributed by atoms with Gasteiger partial charge in [0.15, 0.2) is 0 Å². The summed E-state index contributed by atoms with van der Waals surface area (Å²) in [7, 11) is 0. The van der Waals surface area contributed by atoms with Crippen molar-refractivity contribution < 1.29 is 33.6 Å². The third-order valence-electron chi connectivity index (χ3n) is 7.20. The van der Waals surface area contributed by atoms with Crippen LogP contribution in [0.25, 0.3) is 0 Å². The molecule has 8 atom stereocenters. The smallest absolute Gasteiger partial charge is 0.303 e. The van der Waals surface area contributed by atoms with Crippen LogP contribution in [0, 0.1) is 5.92 Å². The number of carbonyl (C=O) groups excluding carboxylic acids is 2. The number of hydrogen-bond acceptors (Lipinski definition) is 7. The minimum atomic E-state index is -0.538. The Morgan fingerprint density at radius 2 is 2.00 bits per heavy atom. The molecule has 0 aromatic carbocycles. The van der Waals surface area contributed by atoms with Crippen LogP contribution in [0.4, 0.5) is 0 Å². The number of ether oxygens (including phenoxy) is 4. The normalized spacial score (nSPS) is 36.9. The molecule has 3 rings (SSSR count). The second-order valence-electron chi connectivity index (χ2n) is 10.2. The van der Waals surface area contributed by atoms with Crippen LogP contribution in [0.5, 0.6) is 0 Å². The zero-order valence-electron chi connectivity index (χ0n) is 21.1. The summed E-state index contributed by atoms with van der Waals surface area (Å²) in [6.45, 7) is 10.6. The molecular formula is C26H41NO7. The topological polar surface area (TPSA) is 107 Å². The first-order chi connectivity index (χ1) is 16.1. The lowest BCUT2D eigenvalue weighted by atomic mass is 9.87. The van der Waals surface area contributed by atoms with E-state index in [4.69, 9.17) is 18.9 Å². The summed E-state index contributed by atoms with van der Waals surface area (Å²) in [5.41, 5.74) is 0.919. The first-order valence-corrected chi connectivity index (χ1v) is 12.5. The number of hydrogen-bond donors (Lipinski definition) is 2. The van der Waals surface area contributed by atoms with Gasteiger partial charge in [-0.05, 0) is 58.4 Å². The Balaban J connectivity index is 1.41. The number of aliphatic hydroxyl groups excluding tert-OH is 1. The maximum absolute atomic E-state index is 12.3. The van der Waals surface area contributed by atoms with Crippen molar-refractivity contribution in [1.29, 1.82) is 0 Å². The van der Waals surface area contributed by atoms with Crippen molar-refractivity contribution in [1.82, 2.24) is 5.32 Å². The van der Waals surface area contributed by atoms with Gasteiger partial charge in [0.05, 0.1) is 37.6 Å². The number of allylic oxidation sites excluding steroid dienone is 1. The van der Waals surface area contributed by atoms with Crippen LogP contribution in [0.15, 0.2) is 23.8 Å². The first kappa shape index (κ1) is 26.9. The second kappa shape index (κ2) is 11.8. The van der Waals surface area contributed by atoms with Gasteiger partial charge in [-0.15, -0.1) is 0 Å². The number of epoxide rings is 1. The summed E-state index contributed by atoms with van der Waals surface area (Å²) in [5, 5.41) is 13.5.